The van der Waals surface area contributed by atoms with Crippen LogP contribution in [0.25, 0.3) is 0 Å². The maximum Gasteiger partial charge on any atom is 0.490 e. The summed E-state index contributed by atoms with van der Waals surface area (Å²) < 4.78 is 66.5. The minimum Gasteiger partial charge on any atom is -0.387 e. The van der Waals surface area contributed by atoms with Crippen molar-refractivity contribution in [3.63, 3.8) is 0 Å². The number of phosphoric acid groups is 3. The molecule has 16 nitrogen and oxygen atoms in total. The number of ether oxygens (including phenoxy) is 1. The van der Waals surface area contributed by atoms with Gasteiger partial charge in [0.15, 0.2) is 11.0 Å². The first-order valence-electron chi connectivity index (χ1n) is 8.39. The van der Waals surface area contributed by atoms with Crippen molar-refractivity contribution in [2.75, 3.05) is 6.56 Å². The lowest BCUT2D eigenvalue weighted by atomic mass is 9.96. The third-order valence-electron chi connectivity index (χ3n) is 3.46. The van der Waals surface area contributed by atoms with Gasteiger partial charge in [-0.25, -0.2) is 13.7 Å². The fourth-order valence-corrected chi connectivity index (χ4v) is 5.40. The van der Waals surface area contributed by atoms with Crippen molar-refractivity contribution < 1.29 is 64.1 Å². The molecule has 2 heterocycles. The molecule has 0 saturated carbocycles. The average Bonchev–Trinajstić information content (AvgIpc) is 2.74. The van der Waals surface area contributed by atoms with E-state index >= 15 is 0 Å². The monoisotopic (exact) mass is 516 g/mol. The Morgan fingerprint density at radius 3 is 2.43 bits per heavy atom. The highest BCUT2D eigenvalue weighted by Gasteiger charge is 2.54. The molecular formula is C10H17N2O14P3S. The van der Waals surface area contributed by atoms with E-state index in [1.54, 1.807) is 0 Å². The molecule has 1 aromatic heterocycles. The van der Waals surface area contributed by atoms with Crippen molar-refractivity contribution in [2.24, 2.45) is 0 Å². The van der Waals surface area contributed by atoms with Crippen molar-refractivity contribution in [1.82, 2.24) is 9.55 Å². The highest BCUT2D eigenvalue weighted by Crippen LogP contribution is 2.66. The van der Waals surface area contributed by atoms with Crippen LogP contribution in [0.1, 0.15) is 15.9 Å². The number of rotatable bonds is 8. The fraction of sp³-hybridized carbons (Fsp3) is 0.600. The molecule has 0 spiro atoms. The van der Waals surface area contributed by atoms with Gasteiger partial charge in [0.1, 0.15) is 17.8 Å². The van der Waals surface area contributed by atoms with E-state index in [1.807, 2.05) is 0 Å². The van der Waals surface area contributed by atoms with Gasteiger partial charge in [-0.1, -0.05) is 0 Å². The molecule has 1 aliphatic heterocycles. The van der Waals surface area contributed by atoms with Gasteiger partial charge in [-0.2, -0.15) is 8.62 Å². The van der Waals surface area contributed by atoms with E-state index < -0.39 is 59.6 Å². The Hall–Kier alpha value is -0.610. The van der Waals surface area contributed by atoms with Gasteiger partial charge in [0, 0.05) is 12.3 Å². The van der Waals surface area contributed by atoms with Crippen LogP contribution in [0.2, 0.25) is 0 Å². The van der Waals surface area contributed by atoms with Crippen LogP contribution >= 0.6 is 35.7 Å². The topological polar surface area (TPSA) is 247 Å². The van der Waals surface area contributed by atoms with E-state index in [2.05, 4.69) is 18.1 Å². The summed E-state index contributed by atoms with van der Waals surface area (Å²) in [4.78, 5) is 49.2. The summed E-state index contributed by atoms with van der Waals surface area (Å²) in [5, 5.41) is 21.0. The highest BCUT2D eigenvalue weighted by molar-refractivity contribution is 7.71. The minimum atomic E-state index is -5.95. The van der Waals surface area contributed by atoms with E-state index in [0.29, 0.717) is 0 Å². The summed E-state index contributed by atoms with van der Waals surface area (Å²) in [5.41, 5.74) is -2.95. The van der Waals surface area contributed by atoms with Crippen molar-refractivity contribution in [1.29, 1.82) is 0 Å². The predicted octanol–water partition coefficient (Wildman–Crippen LogP) is -0.742. The normalized spacial score (nSPS) is 32.7. The molecule has 6 atom stereocenters. The molecule has 0 amide bonds. The molecular weight excluding hydrogens is 497 g/mol. The second-order valence-electron chi connectivity index (χ2n) is 5.90. The summed E-state index contributed by atoms with van der Waals surface area (Å²) in [6, 6.07) is 0.968. The van der Waals surface area contributed by atoms with Gasteiger partial charge in [0.05, 0.1) is 9.30 Å². The first-order chi connectivity index (χ1) is 14.2. The van der Waals surface area contributed by atoms with Gasteiger partial charge in [-0.05, 0) is 19.1 Å². The molecule has 0 bridgehead atoms. The van der Waals surface area contributed by atoms with Crippen LogP contribution in [0.4, 0.5) is 0 Å². The Kier molecular flexibility index (Phi) is 6.57. The second-order valence-corrected chi connectivity index (χ2v) is 10.6. The van der Waals surface area contributed by atoms with Gasteiger partial charge in [-0.15, -0.1) is 0 Å². The second kappa shape index (κ2) is 8.73. The molecule has 1 aromatic rings. The van der Waals surface area contributed by atoms with Crippen LogP contribution in [-0.2, 0) is 31.6 Å². The Labute approximate surface area is 174 Å². The SMILES string of the molecule is [2H]C([2H])(OP(=O)(O)OP(=O)(O)OP(=O)(O)O)[C@H]1O[C@@H](n2ccc(=O)[nH]c2=S)C(C)(O)[C@H]1O. The third kappa shape index (κ3) is 6.45. The lowest BCUT2D eigenvalue weighted by molar-refractivity contribution is -0.0978. The van der Waals surface area contributed by atoms with Crippen molar-refractivity contribution >= 4 is 35.7 Å². The molecule has 0 aliphatic carbocycles. The zero-order valence-corrected chi connectivity index (χ0v) is 18.0. The number of aliphatic hydroxyl groups is 2. The lowest BCUT2D eigenvalue weighted by Crippen LogP contribution is -2.44. The summed E-state index contributed by atoms with van der Waals surface area (Å²) >= 11 is 4.91. The van der Waals surface area contributed by atoms with Crippen LogP contribution in [0, 0.1) is 4.77 Å². The maximum atomic E-state index is 11.9. The first kappa shape index (κ1) is 22.6. The van der Waals surface area contributed by atoms with E-state index in [4.69, 9.17) is 34.4 Å². The predicted molar refractivity (Wildman–Crippen MR) is 96.2 cm³/mol. The Balaban J connectivity index is 2.30. The van der Waals surface area contributed by atoms with E-state index in [1.165, 1.54) is 0 Å². The quantitative estimate of drug-likeness (QED) is 0.166. The van der Waals surface area contributed by atoms with Crippen molar-refractivity contribution in [3.05, 3.63) is 27.4 Å². The Bertz CT molecular complexity index is 1130. The van der Waals surface area contributed by atoms with Crippen LogP contribution in [0.5, 0.6) is 0 Å². The molecule has 1 saturated heterocycles. The molecule has 0 aromatic carbocycles. The highest BCUT2D eigenvalue weighted by atomic mass is 32.1. The van der Waals surface area contributed by atoms with Crippen molar-refractivity contribution in [2.45, 2.75) is 31.0 Å². The van der Waals surface area contributed by atoms with Gasteiger partial charge in [0.25, 0.3) is 5.56 Å². The number of aliphatic hydroxyl groups excluding tert-OH is 1. The molecule has 0 radical (unpaired) electrons. The van der Waals surface area contributed by atoms with Gasteiger partial charge in [-0.3, -0.25) is 18.9 Å². The number of phosphoric ester groups is 1. The van der Waals surface area contributed by atoms with Gasteiger partial charge in [0.2, 0.25) is 0 Å². The summed E-state index contributed by atoms with van der Waals surface area (Å²) in [6.07, 6.45) is -5.05. The van der Waals surface area contributed by atoms with Crippen molar-refractivity contribution in [3.8, 4) is 0 Å². The lowest BCUT2D eigenvalue weighted by Gasteiger charge is -2.27. The number of aromatic amines is 1. The van der Waals surface area contributed by atoms with E-state index in [0.717, 1.165) is 23.8 Å². The smallest absolute Gasteiger partial charge is 0.387 e. The molecule has 30 heavy (non-hydrogen) atoms. The molecule has 20 heteroatoms. The standard InChI is InChI=1S/C10H17N2O14P3S/c1-10(15)7(14)5(24-8(10)12-3-2-6(13)11-9(12)30)4-23-28(19,20)26-29(21,22)25-27(16,17)18/h2-3,5,7-8,14-15H,4H2,1H3,(H,19,20)(H,21,22)(H,11,13,30)(H2,16,17,18)/t5-,7+,8-,10?/m1/s1/i4D2. The van der Waals surface area contributed by atoms with E-state index in [9.17, 15) is 33.6 Å². The molecule has 1 fully saturated rings. The van der Waals surface area contributed by atoms with E-state index in [-0.39, 0.29) is 4.77 Å². The van der Waals surface area contributed by atoms with Gasteiger partial charge >= 0.3 is 23.5 Å². The van der Waals surface area contributed by atoms with Crippen LogP contribution in [-0.4, -0.2) is 63.7 Å². The average molecular weight is 516 g/mol. The Morgan fingerprint density at radius 2 is 1.90 bits per heavy atom. The summed E-state index contributed by atoms with van der Waals surface area (Å²) in [5.74, 6) is 0. The number of hydrogen-bond acceptors (Lipinski definition) is 11. The number of nitrogens with zero attached hydrogens (tertiary/aromatic N) is 1. The number of nitrogens with one attached hydrogen (secondary N) is 1. The molecule has 172 valence electrons. The fourth-order valence-electron chi connectivity index (χ4n) is 2.27. The first-order valence-corrected chi connectivity index (χ1v) is 12.3. The largest absolute Gasteiger partial charge is 0.490 e. The van der Waals surface area contributed by atoms with Crippen LogP contribution < -0.4 is 5.56 Å². The maximum absolute atomic E-state index is 11.9. The minimum absolute atomic E-state index is 0.302. The summed E-state index contributed by atoms with van der Waals surface area (Å²) in [7, 11) is -17.6. The third-order valence-corrected chi connectivity index (χ3v) is 7.44. The van der Waals surface area contributed by atoms with Crippen LogP contribution in [0.3, 0.4) is 0 Å². The summed E-state index contributed by atoms with van der Waals surface area (Å²) in [6.45, 7) is -2.55. The molecule has 2 rings (SSSR count). The zero-order valence-electron chi connectivity index (χ0n) is 16.5. The number of H-pyrrole nitrogens is 1. The van der Waals surface area contributed by atoms with Gasteiger partial charge < -0.3 is 34.5 Å². The number of aromatic nitrogens is 2. The van der Waals surface area contributed by atoms with Crippen LogP contribution in [0.15, 0.2) is 17.1 Å². The molecule has 1 aliphatic rings. The number of hydrogen-bond donors (Lipinski definition) is 7. The molecule has 7 N–H and O–H groups in total. The Morgan fingerprint density at radius 1 is 1.30 bits per heavy atom. The molecule has 3 unspecified atom stereocenters. The zero-order chi connectivity index (χ0) is 24.9.